The van der Waals surface area contributed by atoms with E-state index in [4.69, 9.17) is 11.2 Å². The van der Waals surface area contributed by atoms with E-state index in [1.165, 1.54) is 18.2 Å². The van der Waals surface area contributed by atoms with Crippen LogP contribution in [0.3, 0.4) is 0 Å². The average molecular weight is 344 g/mol. The van der Waals surface area contributed by atoms with Crippen LogP contribution < -0.4 is 0 Å². The van der Waals surface area contributed by atoms with Crippen LogP contribution in [0.2, 0.25) is 0 Å². The van der Waals surface area contributed by atoms with Crippen LogP contribution in [0, 0.1) is 28.4 Å². The molecule has 0 aliphatic heterocycles. The van der Waals surface area contributed by atoms with Gasteiger partial charge in [0.1, 0.15) is 6.10 Å². The second-order valence-corrected chi connectivity index (χ2v) is 5.82. The van der Waals surface area contributed by atoms with Crippen LogP contribution in [0.25, 0.3) is 0 Å². The van der Waals surface area contributed by atoms with Crippen molar-refractivity contribution in [1.29, 1.82) is 0 Å². The molecule has 0 radical (unpaired) electrons. The molecule has 0 fully saturated rings. The van der Waals surface area contributed by atoms with E-state index in [2.05, 4.69) is 26.6 Å². The molecule has 0 heterocycles. The summed E-state index contributed by atoms with van der Waals surface area (Å²) in [7, 11) is 0. The molecule has 1 aliphatic carbocycles. The fourth-order valence-corrected chi connectivity index (χ4v) is 2.15. The highest BCUT2D eigenvalue weighted by atomic mass is 79.9. The van der Waals surface area contributed by atoms with Crippen LogP contribution in [0.5, 0.6) is 0 Å². The second kappa shape index (κ2) is 6.57. The smallest absolute Gasteiger partial charge is 0.425 e. The van der Waals surface area contributed by atoms with E-state index < -0.39 is 21.5 Å². The van der Waals surface area contributed by atoms with Gasteiger partial charge >= 0.3 is 6.16 Å². The summed E-state index contributed by atoms with van der Waals surface area (Å²) in [4.78, 5) is 21.8. The van der Waals surface area contributed by atoms with E-state index in [1.54, 1.807) is 0 Å². The Hall–Kier alpha value is -1.81. The molecule has 0 aromatic rings. The van der Waals surface area contributed by atoms with Crippen molar-refractivity contribution >= 4 is 22.1 Å². The molecule has 108 valence electrons. The fraction of sp³-hybridized carbons (Fsp3) is 0.462. The molecule has 2 atom stereocenters. The molecule has 1 rings (SSSR count). The van der Waals surface area contributed by atoms with Gasteiger partial charge in [-0.2, -0.15) is 0 Å². The van der Waals surface area contributed by atoms with Crippen molar-refractivity contribution in [2.75, 3.05) is 6.61 Å². The highest BCUT2D eigenvalue weighted by molar-refractivity contribution is 9.10. The number of ether oxygens (including phenoxy) is 2. The van der Waals surface area contributed by atoms with Gasteiger partial charge in [-0.1, -0.05) is 35.7 Å². The first-order chi connectivity index (χ1) is 9.31. The zero-order valence-corrected chi connectivity index (χ0v) is 12.6. The minimum absolute atomic E-state index is 0.0622. The Labute approximate surface area is 125 Å². The summed E-state index contributed by atoms with van der Waals surface area (Å²) < 4.78 is 8.90. The highest BCUT2D eigenvalue weighted by Crippen LogP contribution is 2.39. The Balaban J connectivity index is 2.92. The lowest BCUT2D eigenvalue weighted by Crippen LogP contribution is -2.43. The van der Waals surface area contributed by atoms with Crippen LogP contribution in [0.1, 0.15) is 13.8 Å². The summed E-state index contributed by atoms with van der Waals surface area (Å²) in [6.07, 6.45) is 7.50. The molecule has 0 aromatic heterocycles. The largest absolute Gasteiger partial charge is 0.509 e. The molecule has 6 nitrogen and oxygen atoms in total. The number of hydrogen-bond acceptors (Lipinski definition) is 5. The van der Waals surface area contributed by atoms with Crippen molar-refractivity contribution < 1.29 is 19.2 Å². The van der Waals surface area contributed by atoms with E-state index >= 15 is 0 Å². The van der Waals surface area contributed by atoms with Gasteiger partial charge in [0, 0.05) is 12.2 Å². The van der Waals surface area contributed by atoms with E-state index in [0.29, 0.717) is 0 Å². The molecule has 0 N–H and O–H groups in total. The number of nitrogens with zero attached hydrogens (tertiary/aromatic N) is 1. The van der Waals surface area contributed by atoms with Gasteiger partial charge in [0.2, 0.25) is 0 Å². The molecule has 0 saturated carbocycles. The number of rotatable bonds is 4. The summed E-state index contributed by atoms with van der Waals surface area (Å²) >= 11 is 3.43. The molecular formula is C13H14BrNO5. The van der Waals surface area contributed by atoms with Gasteiger partial charge in [-0.15, -0.1) is 6.42 Å². The third-order valence-corrected chi connectivity index (χ3v) is 4.44. The zero-order valence-electron chi connectivity index (χ0n) is 11.0. The van der Waals surface area contributed by atoms with Crippen LogP contribution in [-0.2, 0) is 9.47 Å². The second-order valence-electron chi connectivity index (χ2n) is 4.45. The van der Waals surface area contributed by atoms with Crippen molar-refractivity contribution in [2.45, 2.75) is 24.3 Å². The summed E-state index contributed by atoms with van der Waals surface area (Å²) in [5.41, 5.74) is -0.0626. The molecule has 0 saturated heterocycles. The number of alkyl halides is 1. The first kappa shape index (κ1) is 16.2. The molecule has 7 heteroatoms. The number of carbonyl (C=O) groups excluding carboxylic acids is 1. The Morgan fingerprint density at radius 2 is 2.35 bits per heavy atom. The Kier molecular flexibility index (Phi) is 5.34. The first-order valence-electron chi connectivity index (χ1n) is 5.82. The molecular weight excluding hydrogens is 330 g/mol. The van der Waals surface area contributed by atoms with Gasteiger partial charge in [0.15, 0.2) is 6.61 Å². The number of terminal acetylenes is 1. The summed E-state index contributed by atoms with van der Waals surface area (Å²) in [5.74, 6) is 2.09. The van der Waals surface area contributed by atoms with Gasteiger partial charge in [0.05, 0.1) is 9.25 Å². The third-order valence-electron chi connectivity index (χ3n) is 2.84. The highest BCUT2D eigenvalue weighted by Gasteiger charge is 2.43. The molecule has 0 bridgehead atoms. The van der Waals surface area contributed by atoms with E-state index in [-0.39, 0.29) is 18.2 Å². The topological polar surface area (TPSA) is 78.7 Å². The van der Waals surface area contributed by atoms with E-state index in [1.807, 2.05) is 13.8 Å². The molecule has 0 amide bonds. The number of hydrogen-bond donors (Lipinski definition) is 0. The average Bonchev–Trinajstić information content (AvgIpc) is 2.38. The Morgan fingerprint density at radius 3 is 2.85 bits per heavy atom. The molecule has 1 aliphatic rings. The molecule has 0 spiro atoms. The zero-order chi connectivity index (χ0) is 15.3. The molecule has 0 aromatic carbocycles. The van der Waals surface area contributed by atoms with Crippen LogP contribution in [0.4, 0.5) is 4.79 Å². The van der Waals surface area contributed by atoms with Crippen molar-refractivity contribution in [2.24, 2.45) is 5.92 Å². The minimum atomic E-state index is -0.917. The normalized spacial score (nSPS) is 24.8. The maximum Gasteiger partial charge on any atom is 0.509 e. The van der Waals surface area contributed by atoms with Crippen molar-refractivity contribution in [3.63, 3.8) is 0 Å². The van der Waals surface area contributed by atoms with Crippen molar-refractivity contribution in [3.05, 3.63) is 34.0 Å². The number of carbonyl (C=O) groups is 1. The van der Waals surface area contributed by atoms with Crippen molar-refractivity contribution in [3.8, 4) is 12.3 Å². The first-order valence-corrected chi connectivity index (χ1v) is 6.61. The quantitative estimate of drug-likeness (QED) is 0.258. The molecule has 20 heavy (non-hydrogen) atoms. The lowest BCUT2D eigenvalue weighted by atomic mass is 9.86. The predicted molar refractivity (Wildman–Crippen MR) is 75.8 cm³/mol. The fourth-order valence-electron chi connectivity index (χ4n) is 1.67. The van der Waals surface area contributed by atoms with Crippen molar-refractivity contribution in [1.82, 2.24) is 0 Å². The maximum absolute atomic E-state index is 11.4. The summed E-state index contributed by atoms with van der Waals surface area (Å²) in [6.45, 7) is 3.51. The Morgan fingerprint density at radius 1 is 1.70 bits per heavy atom. The standard InChI is InChI=1S/C13H14BrNO5/c1-4-7-19-12(16)20-11-6-5-10(15(17)18)8-13(11,14)9(2)3/h1,5-6,8-9,11H,7H2,2-3H3. The van der Waals surface area contributed by atoms with Gasteiger partial charge < -0.3 is 9.47 Å². The van der Waals surface area contributed by atoms with Gasteiger partial charge in [0.25, 0.3) is 5.70 Å². The number of allylic oxidation sites excluding steroid dienone is 1. The van der Waals surface area contributed by atoms with Crippen LogP contribution >= 0.6 is 15.9 Å². The molecule has 2 unspecified atom stereocenters. The lowest BCUT2D eigenvalue weighted by molar-refractivity contribution is -0.419. The van der Waals surface area contributed by atoms with Crippen LogP contribution in [0.15, 0.2) is 23.9 Å². The third kappa shape index (κ3) is 3.61. The lowest BCUT2D eigenvalue weighted by Gasteiger charge is -2.35. The van der Waals surface area contributed by atoms with E-state index in [0.717, 1.165) is 0 Å². The predicted octanol–water partition coefficient (Wildman–Crippen LogP) is 2.66. The van der Waals surface area contributed by atoms with Gasteiger partial charge in [-0.25, -0.2) is 4.79 Å². The van der Waals surface area contributed by atoms with E-state index in [9.17, 15) is 14.9 Å². The number of nitro groups is 1. The maximum atomic E-state index is 11.4. The SMILES string of the molecule is C#CCOC(=O)OC1C=CC([N+](=O)[O-])=CC1(Br)C(C)C. The summed E-state index contributed by atoms with van der Waals surface area (Å²) in [6, 6.07) is 0. The van der Waals surface area contributed by atoms with Gasteiger partial charge in [-0.3, -0.25) is 10.1 Å². The monoisotopic (exact) mass is 343 g/mol. The Bertz CT molecular complexity index is 505. The van der Waals surface area contributed by atoms with Gasteiger partial charge in [-0.05, 0) is 12.0 Å². The number of halogens is 1. The van der Waals surface area contributed by atoms with Crippen LogP contribution in [-0.4, -0.2) is 28.1 Å². The summed E-state index contributed by atoms with van der Waals surface area (Å²) in [5, 5.41) is 10.8. The minimum Gasteiger partial charge on any atom is -0.425 e.